The Morgan fingerprint density at radius 3 is 2.75 bits per heavy atom. The Bertz CT molecular complexity index is 662. The van der Waals surface area contributed by atoms with Crippen LogP contribution in [0.5, 0.6) is 0 Å². The van der Waals surface area contributed by atoms with Crippen molar-refractivity contribution in [2.75, 3.05) is 5.32 Å². The SMILES string of the molecule is Cc1cc(NCc2c(Cl)cccc2[N+](=O)[O-])ccc1Br. The van der Waals surface area contributed by atoms with Crippen LogP contribution in [-0.2, 0) is 6.54 Å². The third-order valence-corrected chi connectivity index (χ3v) is 4.16. The van der Waals surface area contributed by atoms with Crippen molar-refractivity contribution in [1.29, 1.82) is 0 Å². The van der Waals surface area contributed by atoms with Gasteiger partial charge in [0.25, 0.3) is 5.69 Å². The molecule has 0 aliphatic carbocycles. The van der Waals surface area contributed by atoms with Crippen LogP contribution in [0.15, 0.2) is 40.9 Å². The van der Waals surface area contributed by atoms with E-state index in [1.807, 2.05) is 25.1 Å². The molecule has 0 unspecified atom stereocenters. The standard InChI is InChI=1S/C14H12BrClN2O2/c1-9-7-10(5-6-12(9)15)17-8-11-13(16)3-2-4-14(11)18(19)20/h2-7,17H,8H2,1H3. The first kappa shape index (κ1) is 14.8. The molecule has 0 fully saturated rings. The zero-order valence-electron chi connectivity index (χ0n) is 10.7. The molecule has 4 nitrogen and oxygen atoms in total. The predicted octanol–water partition coefficient (Wildman–Crippen LogP) is 4.93. The highest BCUT2D eigenvalue weighted by Gasteiger charge is 2.16. The molecule has 0 aromatic heterocycles. The second-order valence-electron chi connectivity index (χ2n) is 4.31. The Morgan fingerprint density at radius 2 is 2.10 bits per heavy atom. The predicted molar refractivity (Wildman–Crippen MR) is 84.3 cm³/mol. The number of benzene rings is 2. The summed E-state index contributed by atoms with van der Waals surface area (Å²) in [5.41, 5.74) is 2.49. The van der Waals surface area contributed by atoms with E-state index >= 15 is 0 Å². The van der Waals surface area contributed by atoms with E-state index in [4.69, 9.17) is 11.6 Å². The molecule has 0 atom stereocenters. The van der Waals surface area contributed by atoms with E-state index in [0.717, 1.165) is 15.7 Å². The zero-order chi connectivity index (χ0) is 14.7. The van der Waals surface area contributed by atoms with Gasteiger partial charge in [-0.15, -0.1) is 0 Å². The summed E-state index contributed by atoms with van der Waals surface area (Å²) in [5.74, 6) is 0. The molecule has 2 rings (SSSR count). The van der Waals surface area contributed by atoms with Gasteiger partial charge in [-0.05, 0) is 36.8 Å². The van der Waals surface area contributed by atoms with Crippen molar-refractivity contribution in [3.8, 4) is 0 Å². The molecule has 1 N–H and O–H groups in total. The first-order valence-electron chi connectivity index (χ1n) is 5.91. The lowest BCUT2D eigenvalue weighted by molar-refractivity contribution is -0.385. The second-order valence-corrected chi connectivity index (χ2v) is 5.57. The van der Waals surface area contributed by atoms with Crippen molar-refractivity contribution in [2.24, 2.45) is 0 Å². The van der Waals surface area contributed by atoms with Gasteiger partial charge in [0.2, 0.25) is 0 Å². The number of nitro groups is 1. The quantitative estimate of drug-likeness (QED) is 0.625. The Balaban J connectivity index is 2.22. The summed E-state index contributed by atoms with van der Waals surface area (Å²) >= 11 is 9.47. The van der Waals surface area contributed by atoms with E-state index in [0.29, 0.717) is 17.1 Å². The van der Waals surface area contributed by atoms with Crippen LogP contribution in [0, 0.1) is 17.0 Å². The molecule has 6 heteroatoms. The smallest absolute Gasteiger partial charge is 0.275 e. The molecule has 104 valence electrons. The summed E-state index contributed by atoms with van der Waals surface area (Å²) in [4.78, 5) is 10.6. The number of hydrogen-bond acceptors (Lipinski definition) is 3. The molecule has 0 aliphatic heterocycles. The highest BCUT2D eigenvalue weighted by atomic mass is 79.9. The number of anilines is 1. The second kappa shape index (κ2) is 6.24. The summed E-state index contributed by atoms with van der Waals surface area (Å²) in [6.07, 6.45) is 0. The van der Waals surface area contributed by atoms with Crippen molar-refractivity contribution in [2.45, 2.75) is 13.5 Å². The monoisotopic (exact) mass is 354 g/mol. The van der Waals surface area contributed by atoms with Gasteiger partial charge in [-0.3, -0.25) is 10.1 Å². The van der Waals surface area contributed by atoms with Crippen LogP contribution in [0.25, 0.3) is 0 Å². The fourth-order valence-electron chi connectivity index (χ4n) is 1.84. The molecule has 2 aromatic carbocycles. The van der Waals surface area contributed by atoms with E-state index in [1.54, 1.807) is 12.1 Å². The molecule has 0 bridgehead atoms. The zero-order valence-corrected chi connectivity index (χ0v) is 13.0. The molecular weight excluding hydrogens is 344 g/mol. The van der Waals surface area contributed by atoms with Crippen molar-refractivity contribution < 1.29 is 4.92 Å². The molecule has 0 aliphatic rings. The molecule has 0 saturated carbocycles. The fourth-order valence-corrected chi connectivity index (χ4v) is 2.32. The molecule has 2 aromatic rings. The number of rotatable bonds is 4. The van der Waals surface area contributed by atoms with Crippen molar-refractivity contribution in [1.82, 2.24) is 0 Å². The van der Waals surface area contributed by atoms with E-state index in [-0.39, 0.29) is 5.69 Å². The molecular formula is C14H12BrClN2O2. The molecule has 0 amide bonds. The van der Waals surface area contributed by atoms with Crippen LogP contribution in [0.1, 0.15) is 11.1 Å². The van der Waals surface area contributed by atoms with E-state index in [9.17, 15) is 10.1 Å². The number of halogens is 2. The summed E-state index contributed by atoms with van der Waals surface area (Å²) in [6.45, 7) is 2.28. The third kappa shape index (κ3) is 3.29. The van der Waals surface area contributed by atoms with E-state index < -0.39 is 4.92 Å². The lowest BCUT2D eigenvalue weighted by atomic mass is 10.1. The topological polar surface area (TPSA) is 55.2 Å². The molecule has 20 heavy (non-hydrogen) atoms. The number of aryl methyl sites for hydroxylation is 1. The Labute approximate surface area is 130 Å². The Morgan fingerprint density at radius 1 is 1.35 bits per heavy atom. The van der Waals surface area contributed by atoms with Gasteiger partial charge in [-0.1, -0.05) is 33.6 Å². The van der Waals surface area contributed by atoms with Gasteiger partial charge in [0.05, 0.1) is 15.5 Å². The van der Waals surface area contributed by atoms with Crippen LogP contribution < -0.4 is 5.32 Å². The van der Waals surface area contributed by atoms with Gasteiger partial charge in [-0.2, -0.15) is 0 Å². The maximum absolute atomic E-state index is 11.0. The molecule has 0 heterocycles. The fraction of sp³-hybridized carbons (Fsp3) is 0.143. The summed E-state index contributed by atoms with van der Waals surface area (Å²) in [6, 6.07) is 10.5. The lowest BCUT2D eigenvalue weighted by Gasteiger charge is -2.10. The van der Waals surface area contributed by atoms with Gasteiger partial charge in [0.15, 0.2) is 0 Å². The third-order valence-electron chi connectivity index (χ3n) is 2.92. The Kier molecular flexibility index (Phi) is 4.62. The van der Waals surface area contributed by atoms with E-state index in [1.165, 1.54) is 6.07 Å². The minimum Gasteiger partial charge on any atom is -0.381 e. The highest BCUT2D eigenvalue weighted by molar-refractivity contribution is 9.10. The van der Waals surface area contributed by atoms with Gasteiger partial charge < -0.3 is 5.32 Å². The summed E-state index contributed by atoms with van der Waals surface area (Å²) < 4.78 is 1.02. The highest BCUT2D eigenvalue weighted by Crippen LogP contribution is 2.27. The van der Waals surface area contributed by atoms with Crippen LogP contribution in [0.3, 0.4) is 0 Å². The van der Waals surface area contributed by atoms with Crippen LogP contribution >= 0.6 is 27.5 Å². The first-order chi connectivity index (χ1) is 9.49. The molecule has 0 saturated heterocycles. The lowest BCUT2D eigenvalue weighted by Crippen LogP contribution is -2.04. The maximum Gasteiger partial charge on any atom is 0.275 e. The molecule has 0 spiro atoms. The first-order valence-corrected chi connectivity index (χ1v) is 7.08. The van der Waals surface area contributed by atoms with Crippen LogP contribution in [0.2, 0.25) is 5.02 Å². The van der Waals surface area contributed by atoms with Crippen LogP contribution in [0.4, 0.5) is 11.4 Å². The van der Waals surface area contributed by atoms with Gasteiger partial charge >= 0.3 is 0 Å². The average Bonchev–Trinajstić information content (AvgIpc) is 2.40. The summed E-state index contributed by atoms with van der Waals surface area (Å²) in [5, 5.41) is 14.5. The largest absolute Gasteiger partial charge is 0.381 e. The average molecular weight is 356 g/mol. The van der Waals surface area contributed by atoms with Gasteiger partial charge in [0, 0.05) is 22.8 Å². The van der Waals surface area contributed by atoms with Crippen LogP contribution in [-0.4, -0.2) is 4.92 Å². The maximum atomic E-state index is 11.0. The summed E-state index contributed by atoms with van der Waals surface area (Å²) in [7, 11) is 0. The number of nitrogens with one attached hydrogen (secondary N) is 1. The van der Waals surface area contributed by atoms with Crippen molar-refractivity contribution >= 4 is 38.9 Å². The minimum atomic E-state index is -0.421. The van der Waals surface area contributed by atoms with Crippen molar-refractivity contribution in [3.05, 3.63) is 67.1 Å². The Hall–Kier alpha value is -1.59. The van der Waals surface area contributed by atoms with Gasteiger partial charge in [0.1, 0.15) is 0 Å². The van der Waals surface area contributed by atoms with E-state index in [2.05, 4.69) is 21.2 Å². The number of nitrogens with zero attached hydrogens (tertiary/aromatic N) is 1. The van der Waals surface area contributed by atoms with Gasteiger partial charge in [-0.25, -0.2) is 0 Å². The number of nitro benzene ring substituents is 1. The van der Waals surface area contributed by atoms with Crippen molar-refractivity contribution in [3.63, 3.8) is 0 Å². The normalized spacial score (nSPS) is 10.3. The molecule has 0 radical (unpaired) electrons. The number of hydrogen-bond donors (Lipinski definition) is 1. The minimum absolute atomic E-state index is 0.0267.